The Labute approximate surface area is 59.8 Å². The zero-order valence-electron chi connectivity index (χ0n) is 5.77. The molecule has 2 heteroatoms. The molecule has 0 unspecified atom stereocenters. The Morgan fingerprint density at radius 3 is 2.89 bits per heavy atom. The molecule has 0 fully saturated rings. The Hall–Kier alpha value is -0.370. The summed E-state index contributed by atoms with van der Waals surface area (Å²) in [5.41, 5.74) is 4.03. The number of rotatable bonds is 2. The van der Waals surface area contributed by atoms with Crippen molar-refractivity contribution in [3.8, 4) is 0 Å². The highest BCUT2D eigenvalue weighted by Gasteiger charge is 1.97. The second-order valence-electron chi connectivity index (χ2n) is 2.06. The second kappa shape index (κ2) is 2.97. The fourth-order valence-corrected chi connectivity index (χ4v) is 1.53. The standard InChI is InChI=1S/C7H10NS/c1-3-4-7-6(2)8-5-9-7/h3-4H2,1-2H3. The van der Waals surface area contributed by atoms with Crippen LogP contribution in [0.1, 0.15) is 23.9 Å². The van der Waals surface area contributed by atoms with Crippen LogP contribution in [0.25, 0.3) is 0 Å². The summed E-state index contributed by atoms with van der Waals surface area (Å²) in [6, 6.07) is 0. The lowest BCUT2D eigenvalue weighted by Crippen LogP contribution is -1.80. The minimum Gasteiger partial charge on any atom is -0.239 e. The van der Waals surface area contributed by atoms with Crippen molar-refractivity contribution in [3.05, 3.63) is 16.1 Å². The summed E-state index contributed by atoms with van der Waals surface area (Å²) in [5, 5.41) is 0. The van der Waals surface area contributed by atoms with Crippen molar-refractivity contribution in [3.63, 3.8) is 0 Å². The van der Waals surface area contributed by atoms with E-state index in [4.69, 9.17) is 0 Å². The van der Waals surface area contributed by atoms with Crippen molar-refractivity contribution >= 4 is 11.3 Å². The van der Waals surface area contributed by atoms with E-state index in [0.29, 0.717) is 0 Å². The van der Waals surface area contributed by atoms with E-state index in [1.807, 2.05) is 6.92 Å². The molecule has 0 aliphatic heterocycles. The van der Waals surface area contributed by atoms with Gasteiger partial charge in [0.25, 0.3) is 0 Å². The van der Waals surface area contributed by atoms with Gasteiger partial charge in [-0.2, -0.15) is 0 Å². The van der Waals surface area contributed by atoms with Gasteiger partial charge in [0.2, 0.25) is 0 Å². The fourth-order valence-electron chi connectivity index (χ4n) is 0.742. The summed E-state index contributed by atoms with van der Waals surface area (Å²) < 4.78 is 0. The zero-order valence-corrected chi connectivity index (χ0v) is 6.59. The van der Waals surface area contributed by atoms with Gasteiger partial charge in [0.05, 0.1) is 5.69 Å². The average Bonchev–Trinajstić information content (AvgIpc) is 2.18. The average molecular weight is 140 g/mol. The highest BCUT2D eigenvalue weighted by Crippen LogP contribution is 2.12. The van der Waals surface area contributed by atoms with Crippen LogP contribution in [0.5, 0.6) is 0 Å². The molecule has 9 heavy (non-hydrogen) atoms. The van der Waals surface area contributed by atoms with Crippen molar-refractivity contribution < 1.29 is 0 Å². The lowest BCUT2D eigenvalue weighted by atomic mass is 10.2. The van der Waals surface area contributed by atoms with Gasteiger partial charge < -0.3 is 0 Å². The van der Waals surface area contributed by atoms with Crippen LogP contribution in [0.15, 0.2) is 0 Å². The lowest BCUT2D eigenvalue weighted by Gasteiger charge is -1.90. The summed E-state index contributed by atoms with van der Waals surface area (Å²) in [6.07, 6.45) is 2.36. The van der Waals surface area contributed by atoms with E-state index in [0.717, 1.165) is 12.1 Å². The molecule has 0 aromatic carbocycles. The number of aromatic nitrogens is 1. The summed E-state index contributed by atoms with van der Waals surface area (Å²) in [4.78, 5) is 5.42. The largest absolute Gasteiger partial charge is 0.239 e. The molecule has 0 amide bonds. The van der Waals surface area contributed by atoms with E-state index in [9.17, 15) is 0 Å². The molecule has 0 N–H and O–H groups in total. The number of aryl methyl sites for hydroxylation is 2. The maximum atomic E-state index is 4.03. The van der Waals surface area contributed by atoms with Crippen LogP contribution in [0.3, 0.4) is 0 Å². The topological polar surface area (TPSA) is 12.9 Å². The first-order valence-electron chi connectivity index (χ1n) is 3.17. The first kappa shape index (κ1) is 6.75. The smallest absolute Gasteiger partial charge is 0.152 e. The quantitative estimate of drug-likeness (QED) is 0.613. The van der Waals surface area contributed by atoms with E-state index in [2.05, 4.69) is 17.4 Å². The Morgan fingerprint density at radius 2 is 2.44 bits per heavy atom. The van der Waals surface area contributed by atoms with Gasteiger partial charge >= 0.3 is 0 Å². The van der Waals surface area contributed by atoms with Gasteiger partial charge in [-0.3, -0.25) is 0 Å². The van der Waals surface area contributed by atoms with Gasteiger partial charge in [-0.1, -0.05) is 13.3 Å². The summed E-state index contributed by atoms with van der Waals surface area (Å²) in [7, 11) is 0. The Kier molecular flexibility index (Phi) is 2.22. The van der Waals surface area contributed by atoms with Crippen LogP contribution in [-0.2, 0) is 6.42 Å². The van der Waals surface area contributed by atoms with Crippen molar-refractivity contribution in [2.45, 2.75) is 26.7 Å². The van der Waals surface area contributed by atoms with E-state index in [-0.39, 0.29) is 0 Å². The maximum absolute atomic E-state index is 4.03. The molecular weight excluding hydrogens is 130 g/mol. The molecule has 49 valence electrons. The molecule has 1 nitrogen and oxygen atoms in total. The first-order valence-corrected chi connectivity index (χ1v) is 3.98. The van der Waals surface area contributed by atoms with Gasteiger partial charge in [-0.25, -0.2) is 4.98 Å². The molecule has 0 aliphatic rings. The van der Waals surface area contributed by atoms with Crippen LogP contribution in [0.2, 0.25) is 0 Å². The molecular formula is C7H10NS. The normalized spacial score (nSPS) is 10.0. The minimum absolute atomic E-state index is 1.15. The van der Waals surface area contributed by atoms with E-state index >= 15 is 0 Å². The Balaban J connectivity index is 2.69. The molecule has 1 rings (SSSR count). The molecule has 0 bridgehead atoms. The van der Waals surface area contributed by atoms with Crippen molar-refractivity contribution in [2.24, 2.45) is 0 Å². The zero-order chi connectivity index (χ0) is 6.69. The molecule has 0 saturated carbocycles. The van der Waals surface area contributed by atoms with E-state index in [1.165, 1.54) is 11.3 Å². The third-order valence-corrected chi connectivity index (χ3v) is 2.19. The molecule has 1 aromatic heterocycles. The van der Waals surface area contributed by atoms with Crippen LogP contribution < -0.4 is 0 Å². The van der Waals surface area contributed by atoms with Crippen LogP contribution in [-0.4, -0.2) is 4.98 Å². The molecule has 0 aliphatic carbocycles. The summed E-state index contributed by atoms with van der Waals surface area (Å²) in [5.74, 6) is 0. The third-order valence-electron chi connectivity index (χ3n) is 1.26. The minimum atomic E-state index is 1.15. The van der Waals surface area contributed by atoms with Gasteiger partial charge in [0.1, 0.15) is 0 Å². The van der Waals surface area contributed by atoms with Crippen LogP contribution in [0.4, 0.5) is 0 Å². The Morgan fingerprint density at radius 1 is 1.67 bits per heavy atom. The first-order chi connectivity index (χ1) is 4.34. The maximum Gasteiger partial charge on any atom is 0.152 e. The molecule has 1 heterocycles. The van der Waals surface area contributed by atoms with Crippen molar-refractivity contribution in [1.82, 2.24) is 4.98 Å². The monoisotopic (exact) mass is 140 g/mol. The third kappa shape index (κ3) is 1.52. The van der Waals surface area contributed by atoms with Crippen LogP contribution in [0, 0.1) is 12.4 Å². The van der Waals surface area contributed by atoms with Gasteiger partial charge in [-0.15, -0.1) is 11.3 Å². The van der Waals surface area contributed by atoms with Gasteiger partial charge in [0, 0.05) is 4.88 Å². The SMILES string of the molecule is CCCc1s[c]nc1C. The Bertz CT molecular complexity index is 181. The molecule has 1 radical (unpaired) electrons. The lowest BCUT2D eigenvalue weighted by molar-refractivity contribution is 0.925. The number of thiazole rings is 1. The summed E-state index contributed by atoms with van der Waals surface area (Å²) in [6.45, 7) is 4.22. The number of hydrogen-bond acceptors (Lipinski definition) is 2. The fraction of sp³-hybridized carbons (Fsp3) is 0.571. The van der Waals surface area contributed by atoms with E-state index in [1.54, 1.807) is 11.3 Å². The van der Waals surface area contributed by atoms with Gasteiger partial charge in [-0.05, 0) is 13.3 Å². The van der Waals surface area contributed by atoms with Gasteiger partial charge in [0.15, 0.2) is 5.51 Å². The second-order valence-corrected chi connectivity index (χ2v) is 2.94. The predicted octanol–water partition coefficient (Wildman–Crippen LogP) is 2.20. The molecule has 0 spiro atoms. The van der Waals surface area contributed by atoms with E-state index < -0.39 is 0 Å². The molecule has 0 atom stereocenters. The van der Waals surface area contributed by atoms with Crippen molar-refractivity contribution in [2.75, 3.05) is 0 Å². The van der Waals surface area contributed by atoms with Crippen molar-refractivity contribution in [1.29, 1.82) is 0 Å². The molecule has 0 saturated heterocycles. The highest BCUT2D eigenvalue weighted by atomic mass is 32.1. The van der Waals surface area contributed by atoms with Crippen LogP contribution >= 0.6 is 11.3 Å². The number of nitrogens with zero attached hydrogens (tertiary/aromatic N) is 1. The molecule has 1 aromatic rings. The highest BCUT2D eigenvalue weighted by molar-refractivity contribution is 7.09. The number of hydrogen-bond donors (Lipinski definition) is 0. The summed E-state index contributed by atoms with van der Waals surface area (Å²) >= 11 is 1.64. The predicted molar refractivity (Wildman–Crippen MR) is 39.7 cm³/mol.